The first-order valence-corrected chi connectivity index (χ1v) is 11.9. The molecule has 5 rings (SSSR count). The van der Waals surface area contributed by atoms with Crippen molar-refractivity contribution in [2.24, 2.45) is 0 Å². The highest BCUT2D eigenvalue weighted by atomic mass is 35.5. The second kappa shape index (κ2) is 8.76. The number of amides is 1. The molecule has 0 radical (unpaired) electrons. The number of halogens is 2. The molecule has 0 bridgehead atoms. The Balaban J connectivity index is 1.36. The third-order valence-electron chi connectivity index (χ3n) is 5.17. The molecule has 3 aromatic carbocycles. The SMILES string of the molecule is Cc1ccc(-c2nc3ccccc3[nH]2)cc1NC(=S)NC(=O)c1sc2cc(Cl)ccc2c1Cl. The normalized spacial score (nSPS) is 11.1. The number of nitrogens with zero attached hydrogens (tertiary/aromatic N) is 1. The maximum Gasteiger partial charge on any atom is 0.269 e. The van der Waals surface area contributed by atoms with Crippen LogP contribution >= 0.6 is 46.8 Å². The maximum atomic E-state index is 12.8. The van der Waals surface area contributed by atoms with Crippen LogP contribution in [0.3, 0.4) is 0 Å². The number of rotatable bonds is 3. The summed E-state index contributed by atoms with van der Waals surface area (Å²) in [7, 11) is 0. The Kier molecular flexibility index (Phi) is 5.80. The summed E-state index contributed by atoms with van der Waals surface area (Å²) in [6.45, 7) is 1.96. The molecule has 164 valence electrons. The molecule has 2 heterocycles. The van der Waals surface area contributed by atoms with E-state index in [-0.39, 0.29) is 11.0 Å². The first-order chi connectivity index (χ1) is 15.9. The third kappa shape index (κ3) is 4.32. The van der Waals surface area contributed by atoms with Gasteiger partial charge in [0.15, 0.2) is 5.11 Å². The maximum absolute atomic E-state index is 12.8. The van der Waals surface area contributed by atoms with Crippen LogP contribution in [-0.2, 0) is 0 Å². The second-order valence-corrected chi connectivity index (χ2v) is 9.70. The molecular formula is C24H16Cl2N4OS2. The lowest BCUT2D eigenvalue weighted by molar-refractivity contribution is 0.0982. The van der Waals surface area contributed by atoms with E-state index in [2.05, 4.69) is 20.6 Å². The minimum atomic E-state index is -0.374. The van der Waals surface area contributed by atoms with Crippen LogP contribution in [0.1, 0.15) is 15.2 Å². The summed E-state index contributed by atoms with van der Waals surface area (Å²) in [5.41, 5.74) is 4.50. The minimum absolute atomic E-state index is 0.177. The molecule has 0 aliphatic carbocycles. The number of hydrogen-bond donors (Lipinski definition) is 3. The van der Waals surface area contributed by atoms with Gasteiger partial charge >= 0.3 is 0 Å². The fourth-order valence-electron chi connectivity index (χ4n) is 3.49. The molecular weight excluding hydrogens is 495 g/mol. The number of thiocarbonyl (C=S) groups is 1. The molecule has 0 saturated carbocycles. The summed E-state index contributed by atoms with van der Waals surface area (Å²) in [6.07, 6.45) is 0. The van der Waals surface area contributed by atoms with Crippen molar-refractivity contribution < 1.29 is 4.79 Å². The van der Waals surface area contributed by atoms with Crippen LogP contribution < -0.4 is 10.6 Å². The van der Waals surface area contributed by atoms with E-state index in [4.69, 9.17) is 35.4 Å². The molecule has 5 nitrogen and oxygen atoms in total. The van der Waals surface area contributed by atoms with Crippen LogP contribution in [0.15, 0.2) is 60.7 Å². The number of nitrogens with one attached hydrogen (secondary N) is 3. The molecule has 33 heavy (non-hydrogen) atoms. The summed E-state index contributed by atoms with van der Waals surface area (Å²) < 4.78 is 0.839. The number of H-pyrrole nitrogens is 1. The zero-order valence-corrected chi connectivity index (χ0v) is 20.3. The number of imidazole rings is 1. The lowest BCUT2D eigenvalue weighted by Gasteiger charge is -2.12. The lowest BCUT2D eigenvalue weighted by Crippen LogP contribution is -2.34. The van der Waals surface area contributed by atoms with E-state index >= 15 is 0 Å². The van der Waals surface area contributed by atoms with E-state index in [0.29, 0.717) is 14.9 Å². The highest BCUT2D eigenvalue weighted by Gasteiger charge is 2.19. The van der Waals surface area contributed by atoms with Gasteiger partial charge in [0.2, 0.25) is 0 Å². The number of aromatic amines is 1. The molecule has 3 N–H and O–H groups in total. The second-order valence-electron chi connectivity index (χ2n) is 7.43. The van der Waals surface area contributed by atoms with Crippen molar-refractivity contribution in [1.29, 1.82) is 0 Å². The van der Waals surface area contributed by atoms with Crippen LogP contribution in [0.2, 0.25) is 10.0 Å². The Hall–Kier alpha value is -2.97. The average Bonchev–Trinajstić information content (AvgIpc) is 3.36. The van der Waals surface area contributed by atoms with Crippen LogP contribution in [0.4, 0.5) is 5.69 Å². The van der Waals surface area contributed by atoms with Gasteiger partial charge in [0.1, 0.15) is 10.7 Å². The smallest absolute Gasteiger partial charge is 0.269 e. The van der Waals surface area contributed by atoms with E-state index < -0.39 is 0 Å². The van der Waals surface area contributed by atoms with Gasteiger partial charge in [-0.1, -0.05) is 53.5 Å². The number of aryl methyl sites for hydroxylation is 1. The van der Waals surface area contributed by atoms with Gasteiger partial charge in [-0.15, -0.1) is 11.3 Å². The minimum Gasteiger partial charge on any atom is -0.338 e. The molecule has 0 atom stereocenters. The lowest BCUT2D eigenvalue weighted by atomic mass is 10.1. The summed E-state index contributed by atoms with van der Waals surface area (Å²) >= 11 is 19.2. The van der Waals surface area contributed by atoms with Crippen LogP contribution in [0.5, 0.6) is 0 Å². The third-order valence-corrected chi connectivity index (χ3v) is 7.27. The van der Waals surface area contributed by atoms with Gasteiger partial charge in [0.05, 0.1) is 16.1 Å². The van der Waals surface area contributed by atoms with Gasteiger partial charge in [0, 0.05) is 26.4 Å². The first-order valence-electron chi connectivity index (χ1n) is 9.95. The van der Waals surface area contributed by atoms with E-state index in [9.17, 15) is 4.79 Å². The molecule has 0 unspecified atom stereocenters. The summed E-state index contributed by atoms with van der Waals surface area (Å²) in [5.74, 6) is 0.380. The number of anilines is 1. The number of benzene rings is 3. The Morgan fingerprint density at radius 2 is 1.91 bits per heavy atom. The molecule has 9 heteroatoms. The van der Waals surface area contributed by atoms with Crippen molar-refractivity contribution in [2.75, 3.05) is 5.32 Å². The fraction of sp³-hybridized carbons (Fsp3) is 0.0417. The summed E-state index contributed by atoms with van der Waals surface area (Å²) in [6, 6.07) is 19.1. The van der Waals surface area contributed by atoms with Gasteiger partial charge in [-0.2, -0.15) is 0 Å². The first kappa shape index (κ1) is 21.9. The number of carbonyl (C=O) groups excluding carboxylic acids is 1. The van der Waals surface area contributed by atoms with Crippen molar-refractivity contribution in [3.05, 3.63) is 81.1 Å². The fourth-order valence-corrected chi connectivity index (χ4v) is 5.38. The van der Waals surface area contributed by atoms with E-state index in [1.807, 2.05) is 49.4 Å². The average molecular weight is 511 g/mol. The van der Waals surface area contributed by atoms with Crippen molar-refractivity contribution in [3.63, 3.8) is 0 Å². The molecule has 0 aliphatic heterocycles. The monoisotopic (exact) mass is 510 g/mol. The molecule has 5 aromatic rings. The van der Waals surface area contributed by atoms with Crippen LogP contribution in [-0.4, -0.2) is 21.0 Å². The number of aromatic nitrogens is 2. The number of carbonyl (C=O) groups is 1. The zero-order chi connectivity index (χ0) is 23.1. The van der Waals surface area contributed by atoms with Crippen molar-refractivity contribution in [1.82, 2.24) is 15.3 Å². The van der Waals surface area contributed by atoms with E-state index in [1.165, 1.54) is 11.3 Å². The molecule has 0 saturated heterocycles. The molecule has 1 amide bonds. The highest BCUT2D eigenvalue weighted by molar-refractivity contribution is 7.80. The summed E-state index contributed by atoms with van der Waals surface area (Å²) in [4.78, 5) is 21.2. The quantitative estimate of drug-likeness (QED) is 0.224. The number of fused-ring (bicyclic) bond motifs is 2. The van der Waals surface area contributed by atoms with Crippen LogP contribution in [0.25, 0.3) is 32.5 Å². The standard InChI is InChI=1S/C24H16Cl2N4OS2/c1-12-6-7-13(22-27-16-4-2-3-5-17(16)28-22)10-18(12)29-24(32)30-23(31)21-20(26)15-9-8-14(25)11-19(15)33-21/h2-11H,1H3,(H,27,28)(H2,29,30,31,32). The Morgan fingerprint density at radius 1 is 1.09 bits per heavy atom. The number of hydrogen-bond acceptors (Lipinski definition) is 4. The Bertz CT molecular complexity index is 1520. The van der Waals surface area contributed by atoms with Crippen molar-refractivity contribution in [2.45, 2.75) is 6.92 Å². The van der Waals surface area contributed by atoms with Crippen molar-refractivity contribution >= 4 is 84.6 Å². The van der Waals surface area contributed by atoms with Crippen LogP contribution in [0, 0.1) is 6.92 Å². The highest BCUT2D eigenvalue weighted by Crippen LogP contribution is 2.36. The van der Waals surface area contributed by atoms with Crippen molar-refractivity contribution in [3.8, 4) is 11.4 Å². The topological polar surface area (TPSA) is 69.8 Å². The number of thiophene rings is 1. The largest absolute Gasteiger partial charge is 0.338 e. The van der Waals surface area contributed by atoms with Gasteiger partial charge in [-0.25, -0.2) is 4.98 Å². The van der Waals surface area contributed by atoms with Gasteiger partial charge in [-0.05, 0) is 55.0 Å². The Labute approximate surface area is 208 Å². The van der Waals surface area contributed by atoms with Gasteiger partial charge in [-0.3, -0.25) is 10.1 Å². The van der Waals surface area contributed by atoms with E-state index in [1.54, 1.807) is 18.2 Å². The van der Waals surface area contributed by atoms with Gasteiger partial charge in [0.25, 0.3) is 5.91 Å². The Morgan fingerprint density at radius 3 is 2.73 bits per heavy atom. The predicted molar refractivity (Wildman–Crippen MR) is 142 cm³/mol. The summed E-state index contributed by atoms with van der Waals surface area (Å²) in [5, 5.41) is 7.77. The van der Waals surface area contributed by atoms with Gasteiger partial charge < -0.3 is 10.3 Å². The predicted octanol–water partition coefficient (Wildman–Crippen LogP) is 7.19. The molecule has 2 aromatic heterocycles. The zero-order valence-electron chi connectivity index (χ0n) is 17.2. The molecule has 0 aliphatic rings. The van der Waals surface area contributed by atoms with E-state index in [0.717, 1.165) is 43.8 Å². The molecule has 0 fully saturated rings. The number of para-hydroxylation sites is 2. The molecule has 0 spiro atoms.